The Hall–Kier alpha value is -1.57. The third-order valence-electron chi connectivity index (χ3n) is 3.51. The smallest absolute Gasteiger partial charge is 0.341 e. The number of aromatic nitrogens is 2. The van der Waals surface area contributed by atoms with Crippen LogP contribution >= 0.6 is 0 Å². The van der Waals surface area contributed by atoms with Crippen LogP contribution in [0.5, 0.6) is 0 Å². The summed E-state index contributed by atoms with van der Waals surface area (Å²) in [6, 6.07) is 0. The van der Waals surface area contributed by atoms with E-state index >= 15 is 0 Å². The van der Waals surface area contributed by atoms with Gasteiger partial charge in [-0.05, 0) is 0 Å². The first-order valence-electron chi connectivity index (χ1n) is 6.29. The Morgan fingerprint density at radius 2 is 2.25 bits per heavy atom. The molecule has 1 aromatic heterocycles. The predicted molar refractivity (Wildman–Crippen MR) is 65.6 cm³/mol. The Kier molecular flexibility index (Phi) is 4.03. The quantitative estimate of drug-likeness (QED) is 0.895. The number of amides is 1. The van der Waals surface area contributed by atoms with E-state index in [9.17, 15) is 18.0 Å². The fraction of sp³-hybridized carbons (Fsp3) is 0.667. The predicted octanol–water partition coefficient (Wildman–Crippen LogP) is 0.776. The van der Waals surface area contributed by atoms with Gasteiger partial charge in [0.05, 0.1) is 18.0 Å². The molecule has 1 saturated heterocycles. The molecule has 0 aliphatic carbocycles. The fourth-order valence-electron chi connectivity index (χ4n) is 2.47. The highest BCUT2D eigenvalue weighted by Crippen LogP contribution is 2.35. The van der Waals surface area contributed by atoms with Gasteiger partial charge in [0.15, 0.2) is 0 Å². The van der Waals surface area contributed by atoms with Crippen LogP contribution < -0.4 is 5.32 Å². The third kappa shape index (κ3) is 3.12. The molecule has 1 fully saturated rings. The van der Waals surface area contributed by atoms with Gasteiger partial charge in [0.25, 0.3) is 0 Å². The first-order valence-corrected chi connectivity index (χ1v) is 6.29. The standard InChI is InChI=1S/C12H17F3N4O/c1-18(6-8-3-17-19(2)7-8)11(20)9-4-16-5-10(9)12(13,14)15/h3,7,9-10,16H,4-6H2,1-2H3/t9-,10-/m1/s1. The Morgan fingerprint density at radius 1 is 1.55 bits per heavy atom. The molecule has 2 heterocycles. The summed E-state index contributed by atoms with van der Waals surface area (Å²) in [6.07, 6.45) is -1.02. The van der Waals surface area contributed by atoms with Crippen molar-refractivity contribution < 1.29 is 18.0 Å². The van der Waals surface area contributed by atoms with Crippen molar-refractivity contribution in [1.29, 1.82) is 0 Å². The summed E-state index contributed by atoms with van der Waals surface area (Å²) >= 11 is 0. The van der Waals surface area contributed by atoms with Crippen molar-refractivity contribution in [3.63, 3.8) is 0 Å². The molecular formula is C12H17F3N4O. The van der Waals surface area contributed by atoms with Crippen molar-refractivity contribution in [3.05, 3.63) is 18.0 Å². The van der Waals surface area contributed by atoms with Crippen LogP contribution in [-0.2, 0) is 18.4 Å². The minimum atomic E-state index is -4.35. The van der Waals surface area contributed by atoms with Crippen LogP contribution in [0.4, 0.5) is 13.2 Å². The van der Waals surface area contributed by atoms with Crippen molar-refractivity contribution in [3.8, 4) is 0 Å². The van der Waals surface area contributed by atoms with Crippen LogP contribution in [0, 0.1) is 11.8 Å². The Balaban J connectivity index is 2.02. The molecule has 0 unspecified atom stereocenters. The molecule has 2 rings (SSSR count). The summed E-state index contributed by atoms with van der Waals surface area (Å²) in [5, 5.41) is 6.62. The molecule has 20 heavy (non-hydrogen) atoms. The number of aryl methyl sites for hydroxylation is 1. The van der Waals surface area contributed by atoms with Gasteiger partial charge in [-0.3, -0.25) is 9.48 Å². The van der Waals surface area contributed by atoms with Gasteiger partial charge >= 0.3 is 6.18 Å². The van der Waals surface area contributed by atoms with E-state index < -0.39 is 23.9 Å². The lowest BCUT2D eigenvalue weighted by molar-refractivity contribution is -0.184. The lowest BCUT2D eigenvalue weighted by Crippen LogP contribution is -2.40. The summed E-state index contributed by atoms with van der Waals surface area (Å²) in [5.41, 5.74) is 0.790. The number of nitrogens with zero attached hydrogens (tertiary/aromatic N) is 3. The number of rotatable bonds is 3. The lowest BCUT2D eigenvalue weighted by atomic mass is 9.94. The highest BCUT2D eigenvalue weighted by Gasteiger charge is 2.50. The van der Waals surface area contributed by atoms with Gasteiger partial charge < -0.3 is 10.2 Å². The van der Waals surface area contributed by atoms with Crippen LogP contribution in [0.15, 0.2) is 12.4 Å². The van der Waals surface area contributed by atoms with E-state index in [1.165, 1.54) is 11.9 Å². The molecule has 0 spiro atoms. The average Bonchev–Trinajstić information content (AvgIpc) is 2.96. The number of hydrogen-bond donors (Lipinski definition) is 1. The number of alkyl halides is 3. The minimum absolute atomic E-state index is 0.0698. The molecule has 0 radical (unpaired) electrons. The summed E-state index contributed by atoms with van der Waals surface area (Å²) in [6.45, 7) is 0.134. The molecule has 8 heteroatoms. The summed E-state index contributed by atoms with van der Waals surface area (Å²) in [5.74, 6) is -3.14. The van der Waals surface area contributed by atoms with E-state index in [1.807, 2.05) is 0 Å². The third-order valence-corrected chi connectivity index (χ3v) is 3.51. The van der Waals surface area contributed by atoms with Crippen LogP contribution in [-0.4, -0.2) is 46.9 Å². The molecule has 5 nitrogen and oxygen atoms in total. The first kappa shape index (κ1) is 14.8. The minimum Gasteiger partial charge on any atom is -0.341 e. The SMILES string of the molecule is CN(Cc1cnn(C)c1)C(=O)[C@@H]1CNC[C@H]1C(F)(F)F. The van der Waals surface area contributed by atoms with E-state index in [1.54, 1.807) is 24.1 Å². The van der Waals surface area contributed by atoms with Crippen molar-refractivity contribution in [1.82, 2.24) is 20.0 Å². The van der Waals surface area contributed by atoms with Gasteiger partial charge in [0.1, 0.15) is 0 Å². The topological polar surface area (TPSA) is 50.2 Å². The van der Waals surface area contributed by atoms with Gasteiger partial charge in [-0.1, -0.05) is 0 Å². The van der Waals surface area contributed by atoms with Crippen molar-refractivity contribution in [2.24, 2.45) is 18.9 Å². The van der Waals surface area contributed by atoms with E-state index in [-0.39, 0.29) is 19.6 Å². The normalized spacial score (nSPS) is 23.1. The summed E-state index contributed by atoms with van der Waals surface area (Å²) < 4.78 is 40.1. The second-order valence-corrected chi connectivity index (χ2v) is 5.13. The van der Waals surface area contributed by atoms with Crippen LogP contribution in [0.1, 0.15) is 5.56 Å². The number of carbonyl (C=O) groups is 1. The molecule has 1 aromatic rings. The second-order valence-electron chi connectivity index (χ2n) is 5.13. The highest BCUT2D eigenvalue weighted by atomic mass is 19.4. The maximum atomic E-state index is 12.8. The van der Waals surface area contributed by atoms with Crippen molar-refractivity contribution in [2.75, 3.05) is 20.1 Å². The summed E-state index contributed by atoms with van der Waals surface area (Å²) in [4.78, 5) is 13.5. The second kappa shape index (κ2) is 5.43. The molecule has 1 aliphatic rings. The molecule has 1 N–H and O–H groups in total. The van der Waals surface area contributed by atoms with Crippen molar-refractivity contribution in [2.45, 2.75) is 12.7 Å². The van der Waals surface area contributed by atoms with Gasteiger partial charge in [0, 0.05) is 45.5 Å². The zero-order valence-corrected chi connectivity index (χ0v) is 11.3. The number of nitrogens with one attached hydrogen (secondary N) is 1. The molecule has 0 aromatic carbocycles. The maximum absolute atomic E-state index is 12.8. The van der Waals surface area contributed by atoms with Gasteiger partial charge in [-0.15, -0.1) is 0 Å². The van der Waals surface area contributed by atoms with E-state index in [2.05, 4.69) is 10.4 Å². The molecular weight excluding hydrogens is 273 g/mol. The maximum Gasteiger partial charge on any atom is 0.393 e. The fourth-order valence-corrected chi connectivity index (χ4v) is 2.47. The van der Waals surface area contributed by atoms with Gasteiger partial charge in [-0.2, -0.15) is 18.3 Å². The molecule has 0 bridgehead atoms. The Morgan fingerprint density at radius 3 is 2.80 bits per heavy atom. The Bertz CT molecular complexity index is 485. The van der Waals surface area contributed by atoms with E-state index in [4.69, 9.17) is 0 Å². The van der Waals surface area contributed by atoms with Gasteiger partial charge in [-0.25, -0.2) is 0 Å². The van der Waals surface area contributed by atoms with Crippen LogP contribution in [0.3, 0.4) is 0 Å². The molecule has 0 saturated carbocycles. The Labute approximate surface area is 114 Å². The zero-order valence-electron chi connectivity index (χ0n) is 11.3. The van der Waals surface area contributed by atoms with E-state index in [0.29, 0.717) is 0 Å². The van der Waals surface area contributed by atoms with Crippen LogP contribution in [0.25, 0.3) is 0 Å². The molecule has 2 atom stereocenters. The first-order chi connectivity index (χ1) is 9.29. The molecule has 112 valence electrons. The highest BCUT2D eigenvalue weighted by molar-refractivity contribution is 5.79. The average molecular weight is 290 g/mol. The van der Waals surface area contributed by atoms with E-state index in [0.717, 1.165) is 5.56 Å². The monoisotopic (exact) mass is 290 g/mol. The molecule has 1 amide bonds. The lowest BCUT2D eigenvalue weighted by Gasteiger charge is -2.25. The van der Waals surface area contributed by atoms with Crippen LogP contribution in [0.2, 0.25) is 0 Å². The summed E-state index contributed by atoms with van der Waals surface area (Å²) in [7, 11) is 3.26. The van der Waals surface area contributed by atoms with Gasteiger partial charge in [0.2, 0.25) is 5.91 Å². The van der Waals surface area contributed by atoms with Crippen molar-refractivity contribution >= 4 is 5.91 Å². The number of hydrogen-bond acceptors (Lipinski definition) is 3. The zero-order chi connectivity index (χ0) is 14.9. The largest absolute Gasteiger partial charge is 0.393 e. The number of carbonyl (C=O) groups excluding carboxylic acids is 1. The number of halogens is 3. The molecule has 1 aliphatic heterocycles.